The van der Waals surface area contributed by atoms with E-state index >= 15 is 0 Å². The third-order valence-electron chi connectivity index (χ3n) is 6.33. The Balaban J connectivity index is 1.43. The molecule has 1 aromatic rings. The minimum atomic E-state index is 0.00886. The number of nitrogens with zero attached hydrogens (tertiary/aromatic N) is 4. The van der Waals surface area contributed by atoms with Gasteiger partial charge in [-0.15, -0.1) is 11.8 Å². The van der Waals surface area contributed by atoms with E-state index < -0.39 is 0 Å². The number of aryl methyl sites for hydroxylation is 1. The number of carbonyl (C=O) groups excluding carboxylic acids is 1. The zero-order valence-corrected chi connectivity index (χ0v) is 21.8. The summed E-state index contributed by atoms with van der Waals surface area (Å²) in [6, 6.07) is 11.6. The Labute approximate surface area is 216 Å². The molecule has 0 spiro atoms. The number of hydrogen-bond donors (Lipinski definition) is 2. The summed E-state index contributed by atoms with van der Waals surface area (Å²) in [7, 11) is 0. The molecule has 1 saturated heterocycles. The first-order chi connectivity index (χ1) is 16.9. The van der Waals surface area contributed by atoms with E-state index in [9.17, 15) is 4.79 Å². The van der Waals surface area contributed by atoms with Gasteiger partial charge in [-0.1, -0.05) is 43.3 Å². The molecule has 35 heavy (non-hydrogen) atoms. The second-order valence-corrected chi connectivity index (χ2v) is 10.4. The maximum atomic E-state index is 13.1. The van der Waals surface area contributed by atoms with Crippen LogP contribution in [0.4, 0.5) is 5.69 Å². The zero-order chi connectivity index (χ0) is 24.9. The van der Waals surface area contributed by atoms with Crippen LogP contribution in [0.25, 0.3) is 0 Å². The summed E-state index contributed by atoms with van der Waals surface area (Å²) < 4.78 is 0. The number of halogens is 1. The zero-order valence-electron chi connectivity index (χ0n) is 20.2. The minimum absolute atomic E-state index is 0.00886. The summed E-state index contributed by atoms with van der Waals surface area (Å²) in [5.74, 6) is 0.581. The number of thioether (sulfide) groups is 1. The van der Waals surface area contributed by atoms with Gasteiger partial charge in [0.25, 0.3) is 0 Å². The molecule has 1 aromatic carbocycles. The Morgan fingerprint density at radius 2 is 2.11 bits per heavy atom. The highest BCUT2D eigenvalue weighted by atomic mass is 35.5. The molecule has 0 aliphatic carbocycles. The van der Waals surface area contributed by atoms with Gasteiger partial charge in [-0.25, -0.2) is 4.99 Å². The highest BCUT2D eigenvalue weighted by molar-refractivity contribution is 8.04. The molecule has 9 heteroatoms. The predicted octanol–water partition coefficient (Wildman–Crippen LogP) is 3.63. The standard InChI is InChI=1S/C26H31ClN6OS/c1-4-20-8-9-22(35-20)24(28)26(33-11-10-29-16-19(33)3)30-17-23(34)31-12-14-32(15-13-31)25-18(2)6-5-7-21(25)27/h5-7,9,16,20,30H,3-4,8,12-15,17,28H2,1-2H3/b26-24-. The number of carbonyl (C=O) groups is 1. The first-order valence-electron chi connectivity index (χ1n) is 11.8. The van der Waals surface area contributed by atoms with Gasteiger partial charge in [0.2, 0.25) is 5.91 Å². The lowest BCUT2D eigenvalue weighted by Gasteiger charge is -2.37. The van der Waals surface area contributed by atoms with E-state index in [0.717, 1.165) is 47.1 Å². The van der Waals surface area contributed by atoms with Crippen molar-refractivity contribution < 1.29 is 4.79 Å². The molecule has 1 atom stereocenters. The van der Waals surface area contributed by atoms with Crippen molar-refractivity contribution in [2.75, 3.05) is 37.6 Å². The lowest BCUT2D eigenvalue weighted by Crippen LogP contribution is -2.51. The van der Waals surface area contributed by atoms with Crippen molar-refractivity contribution in [1.29, 1.82) is 0 Å². The van der Waals surface area contributed by atoms with Crippen LogP contribution >= 0.6 is 23.4 Å². The molecule has 1 amide bonds. The molecule has 3 N–H and O–H groups in total. The third-order valence-corrected chi connectivity index (χ3v) is 8.14. The lowest BCUT2D eigenvalue weighted by atomic mass is 10.1. The van der Waals surface area contributed by atoms with E-state index in [-0.39, 0.29) is 12.5 Å². The van der Waals surface area contributed by atoms with Gasteiger partial charge < -0.3 is 20.9 Å². The Morgan fingerprint density at radius 3 is 2.77 bits per heavy atom. The third kappa shape index (κ3) is 5.63. The predicted molar refractivity (Wildman–Crippen MR) is 146 cm³/mol. The van der Waals surface area contributed by atoms with Gasteiger partial charge in [-0.05, 0) is 31.4 Å². The first kappa shape index (κ1) is 25.1. The van der Waals surface area contributed by atoms with Crippen molar-refractivity contribution in [3.05, 3.63) is 63.6 Å². The Morgan fingerprint density at radius 1 is 1.34 bits per heavy atom. The van der Waals surface area contributed by atoms with Gasteiger partial charge in [0.15, 0.2) is 0 Å². The summed E-state index contributed by atoms with van der Waals surface area (Å²) in [5, 5.41) is 4.52. The molecular weight excluding hydrogens is 480 g/mol. The van der Waals surface area contributed by atoms with Crippen molar-refractivity contribution >= 4 is 41.2 Å². The summed E-state index contributed by atoms with van der Waals surface area (Å²) in [4.78, 5) is 23.9. The van der Waals surface area contributed by atoms with Crippen LogP contribution in [0.5, 0.6) is 0 Å². The van der Waals surface area contributed by atoms with Gasteiger partial charge in [0.05, 0.1) is 40.9 Å². The summed E-state index contributed by atoms with van der Waals surface area (Å²) in [5.41, 5.74) is 9.96. The van der Waals surface area contributed by atoms with Crippen molar-refractivity contribution in [2.24, 2.45) is 10.7 Å². The average molecular weight is 511 g/mol. The van der Waals surface area contributed by atoms with Crippen molar-refractivity contribution in [3.8, 4) is 12.1 Å². The fourth-order valence-corrected chi connectivity index (χ4v) is 5.81. The van der Waals surface area contributed by atoms with Crippen LogP contribution in [-0.2, 0) is 4.79 Å². The lowest BCUT2D eigenvalue weighted by molar-refractivity contribution is -0.130. The maximum absolute atomic E-state index is 13.1. The van der Waals surface area contributed by atoms with Gasteiger partial charge in [-0.2, -0.15) is 0 Å². The fraction of sp³-hybridized carbons (Fsp3) is 0.385. The number of nitrogens with one attached hydrogen (secondary N) is 1. The van der Waals surface area contributed by atoms with Crippen LogP contribution in [0, 0.1) is 19.0 Å². The largest absolute Gasteiger partial charge is 0.395 e. The van der Waals surface area contributed by atoms with Crippen molar-refractivity contribution in [1.82, 2.24) is 15.1 Å². The average Bonchev–Trinajstić information content (AvgIpc) is 3.35. The normalized spacial score (nSPS) is 20.3. The van der Waals surface area contributed by atoms with Crippen LogP contribution in [0.3, 0.4) is 0 Å². The molecule has 1 unspecified atom stereocenters. The highest BCUT2D eigenvalue weighted by Gasteiger charge is 2.26. The SMILES string of the molecule is C=C1C=NC#CN1/C(NCC(=O)N1CCN(c2c(C)cccc2Cl)CC1)=C(\N)C1=CCC(CC)S1. The second-order valence-electron chi connectivity index (χ2n) is 8.65. The maximum Gasteiger partial charge on any atom is 0.242 e. The smallest absolute Gasteiger partial charge is 0.242 e. The topological polar surface area (TPSA) is 77.2 Å². The van der Waals surface area contributed by atoms with Crippen molar-refractivity contribution in [2.45, 2.75) is 31.9 Å². The molecule has 0 bridgehead atoms. The first-order valence-corrected chi connectivity index (χ1v) is 13.1. The Kier molecular flexibility index (Phi) is 7.99. The van der Waals surface area contributed by atoms with E-state index in [0.29, 0.717) is 35.6 Å². The molecular formula is C26H31ClN6OS. The van der Waals surface area contributed by atoms with E-state index in [1.54, 1.807) is 22.9 Å². The summed E-state index contributed by atoms with van der Waals surface area (Å²) in [6.45, 7) is 11.1. The van der Waals surface area contributed by atoms with Crippen LogP contribution < -0.4 is 16.0 Å². The molecule has 3 aliphatic rings. The molecule has 3 aliphatic heterocycles. The number of amides is 1. The monoisotopic (exact) mass is 510 g/mol. The molecule has 0 radical (unpaired) electrons. The number of piperazine rings is 1. The van der Waals surface area contributed by atoms with Crippen LogP contribution in [0.15, 0.2) is 58.0 Å². The molecule has 184 valence electrons. The number of aliphatic imine (C=N–C) groups is 1. The quantitative estimate of drug-likeness (QED) is 0.545. The number of allylic oxidation sites excluding steroid dienone is 2. The van der Waals surface area contributed by atoms with E-state index in [2.05, 4.69) is 59.9 Å². The number of anilines is 1. The number of para-hydroxylation sites is 1. The number of rotatable bonds is 7. The van der Waals surface area contributed by atoms with Gasteiger partial charge >= 0.3 is 0 Å². The van der Waals surface area contributed by atoms with Gasteiger partial charge in [0, 0.05) is 42.4 Å². The molecule has 3 heterocycles. The summed E-state index contributed by atoms with van der Waals surface area (Å²) in [6.07, 6.45) is 5.80. The summed E-state index contributed by atoms with van der Waals surface area (Å²) >= 11 is 8.21. The van der Waals surface area contributed by atoms with E-state index in [4.69, 9.17) is 17.3 Å². The fourth-order valence-electron chi connectivity index (χ4n) is 4.34. The van der Waals surface area contributed by atoms with Crippen LogP contribution in [-0.4, -0.2) is 59.9 Å². The molecule has 0 saturated carbocycles. The van der Waals surface area contributed by atoms with E-state index in [1.165, 1.54) is 0 Å². The molecule has 7 nitrogen and oxygen atoms in total. The van der Waals surface area contributed by atoms with E-state index in [1.807, 2.05) is 17.0 Å². The van der Waals surface area contributed by atoms with Crippen molar-refractivity contribution in [3.63, 3.8) is 0 Å². The second kappa shape index (κ2) is 11.1. The van der Waals surface area contributed by atoms with Gasteiger partial charge in [0.1, 0.15) is 5.82 Å². The highest BCUT2D eigenvalue weighted by Crippen LogP contribution is 2.38. The molecule has 0 aromatic heterocycles. The van der Waals surface area contributed by atoms with Gasteiger partial charge in [-0.3, -0.25) is 9.69 Å². The number of hydrogen-bond acceptors (Lipinski definition) is 7. The van der Waals surface area contributed by atoms with Crippen LogP contribution in [0.1, 0.15) is 25.3 Å². The molecule has 4 rings (SSSR count). The van der Waals surface area contributed by atoms with Crippen LogP contribution in [0.2, 0.25) is 5.02 Å². The molecule has 1 fully saturated rings. The Bertz CT molecular complexity index is 1140. The Hall–Kier alpha value is -3.02. The minimum Gasteiger partial charge on any atom is -0.395 e. The number of nitrogens with two attached hydrogens (primary N) is 1. The number of benzene rings is 1.